The molecule has 2 aromatic rings. The van der Waals surface area contributed by atoms with Crippen molar-refractivity contribution in [3.63, 3.8) is 0 Å². The topological polar surface area (TPSA) is 75.6 Å². The van der Waals surface area contributed by atoms with Crippen LogP contribution in [0, 0.1) is 5.41 Å². The Hall–Kier alpha value is -2.38. The Morgan fingerprint density at radius 2 is 1.88 bits per heavy atom. The molecule has 1 atom stereocenters. The smallest absolute Gasteiger partial charge is 0.242 e. The maximum absolute atomic E-state index is 13.3. The molecular weight excluding hydrogens is 404 g/mol. The zero-order valence-corrected chi connectivity index (χ0v) is 19.4. The predicted molar refractivity (Wildman–Crippen MR) is 125 cm³/mol. The minimum Gasteiger partial charge on any atom is -0.380 e. The second-order valence-corrected chi connectivity index (χ2v) is 9.37. The first-order valence-corrected chi connectivity index (χ1v) is 11.9. The molecule has 0 unspecified atom stereocenters. The van der Waals surface area contributed by atoms with E-state index in [1.165, 1.54) is 16.6 Å². The van der Waals surface area contributed by atoms with Crippen molar-refractivity contribution in [3.05, 3.63) is 36.0 Å². The molecule has 0 aliphatic carbocycles. The van der Waals surface area contributed by atoms with Crippen LogP contribution in [0.4, 0.5) is 0 Å². The molecular formula is C25H36N4O3. The molecule has 7 nitrogen and oxygen atoms in total. The number of carbonyl (C=O) groups excluding carboxylic acids is 2. The quantitative estimate of drug-likeness (QED) is 0.753. The number of benzene rings is 1. The van der Waals surface area contributed by atoms with Crippen molar-refractivity contribution in [1.82, 2.24) is 20.1 Å². The van der Waals surface area contributed by atoms with Gasteiger partial charge in [-0.2, -0.15) is 0 Å². The van der Waals surface area contributed by atoms with Crippen LogP contribution in [0.15, 0.2) is 30.3 Å². The summed E-state index contributed by atoms with van der Waals surface area (Å²) in [6.07, 6.45) is 4.39. The van der Waals surface area contributed by atoms with Gasteiger partial charge in [0.2, 0.25) is 11.8 Å². The fraction of sp³-hybridized carbons (Fsp3) is 0.600. The number of rotatable bonds is 2. The molecule has 0 bridgehead atoms. The highest BCUT2D eigenvalue weighted by Gasteiger charge is 2.41. The molecule has 4 rings (SSSR count). The number of amides is 2. The van der Waals surface area contributed by atoms with Crippen LogP contribution >= 0.6 is 0 Å². The summed E-state index contributed by atoms with van der Waals surface area (Å²) in [5.74, 6) is -0.117. The van der Waals surface area contributed by atoms with Crippen molar-refractivity contribution in [2.24, 2.45) is 12.5 Å². The Labute approximate surface area is 190 Å². The van der Waals surface area contributed by atoms with Gasteiger partial charge in [0.15, 0.2) is 0 Å². The second kappa shape index (κ2) is 10.0. The molecule has 174 valence electrons. The summed E-state index contributed by atoms with van der Waals surface area (Å²) in [7, 11) is 2.13. The van der Waals surface area contributed by atoms with Crippen molar-refractivity contribution in [2.75, 3.05) is 32.8 Å². The average molecular weight is 441 g/mol. The fourth-order valence-electron chi connectivity index (χ4n) is 5.04. The highest BCUT2D eigenvalue weighted by atomic mass is 16.5. The van der Waals surface area contributed by atoms with Crippen molar-refractivity contribution < 1.29 is 14.3 Å². The highest BCUT2D eigenvalue weighted by Crippen LogP contribution is 2.38. The Bertz CT molecular complexity index is 946. The standard InChI is InChI=1S/C25H36N4O3/c1-19-23(30)26-12-16-32-15-6-5-9-25(24(31)27-19)10-13-29(14-11-25)18-21-17-20-7-3-4-8-22(20)28(21)2/h3-4,7-8,17,19H,5-6,9-16,18H2,1-2H3,(H,26,30)(H,27,31)/t19-/m0/s1. The third kappa shape index (κ3) is 4.99. The van der Waals surface area contributed by atoms with Crippen LogP contribution in [-0.2, 0) is 27.9 Å². The lowest BCUT2D eigenvalue weighted by molar-refractivity contribution is -0.138. The largest absolute Gasteiger partial charge is 0.380 e. The lowest BCUT2D eigenvalue weighted by Crippen LogP contribution is -2.53. The molecule has 1 aromatic carbocycles. The number of hydrogen-bond acceptors (Lipinski definition) is 4. The van der Waals surface area contributed by atoms with Crippen LogP contribution in [0.2, 0.25) is 0 Å². The van der Waals surface area contributed by atoms with Gasteiger partial charge in [0.25, 0.3) is 0 Å². The molecule has 2 aliphatic rings. The van der Waals surface area contributed by atoms with Crippen LogP contribution in [0.25, 0.3) is 10.9 Å². The van der Waals surface area contributed by atoms with Crippen LogP contribution in [0.5, 0.6) is 0 Å². The number of nitrogens with zero attached hydrogens (tertiary/aromatic N) is 2. The normalized spacial score (nSPS) is 23.8. The maximum atomic E-state index is 13.3. The van der Waals surface area contributed by atoms with E-state index in [4.69, 9.17) is 4.74 Å². The maximum Gasteiger partial charge on any atom is 0.242 e. The molecule has 0 saturated carbocycles. The Kier molecular flexibility index (Phi) is 7.16. The highest BCUT2D eigenvalue weighted by molar-refractivity contribution is 5.90. The number of ether oxygens (including phenoxy) is 1. The fourth-order valence-corrected chi connectivity index (χ4v) is 5.04. The van der Waals surface area contributed by atoms with Gasteiger partial charge in [0.05, 0.1) is 12.0 Å². The summed E-state index contributed by atoms with van der Waals surface area (Å²) >= 11 is 0. The summed E-state index contributed by atoms with van der Waals surface area (Å²) in [5, 5.41) is 7.12. The molecule has 2 aliphatic heterocycles. The van der Waals surface area contributed by atoms with Gasteiger partial charge in [-0.25, -0.2) is 0 Å². The number of fused-ring (bicyclic) bond motifs is 1. The van der Waals surface area contributed by atoms with Gasteiger partial charge in [-0.05, 0) is 63.2 Å². The van der Waals surface area contributed by atoms with Gasteiger partial charge in [0, 0.05) is 38.0 Å². The van der Waals surface area contributed by atoms with Gasteiger partial charge in [0.1, 0.15) is 6.04 Å². The zero-order valence-electron chi connectivity index (χ0n) is 19.4. The molecule has 7 heteroatoms. The monoisotopic (exact) mass is 440 g/mol. The van der Waals surface area contributed by atoms with Crippen LogP contribution < -0.4 is 10.6 Å². The minimum absolute atomic E-state index is 0.0320. The van der Waals surface area contributed by atoms with E-state index in [1.807, 2.05) is 0 Å². The minimum atomic E-state index is -0.533. The summed E-state index contributed by atoms with van der Waals surface area (Å²) in [6.45, 7) is 6.08. The number of carbonyl (C=O) groups is 2. The molecule has 1 spiro atoms. The molecule has 1 aromatic heterocycles. The van der Waals surface area contributed by atoms with Crippen LogP contribution in [-0.4, -0.2) is 60.2 Å². The second-order valence-electron chi connectivity index (χ2n) is 9.37. The molecule has 2 fully saturated rings. The van der Waals surface area contributed by atoms with E-state index in [1.54, 1.807) is 6.92 Å². The first-order valence-electron chi connectivity index (χ1n) is 11.9. The predicted octanol–water partition coefficient (Wildman–Crippen LogP) is 2.58. The van der Waals surface area contributed by atoms with E-state index >= 15 is 0 Å². The third-order valence-corrected chi connectivity index (χ3v) is 7.21. The van der Waals surface area contributed by atoms with Crippen LogP contribution in [0.1, 0.15) is 44.7 Å². The van der Waals surface area contributed by atoms with E-state index < -0.39 is 11.5 Å². The van der Waals surface area contributed by atoms with Crippen molar-refractivity contribution in [3.8, 4) is 0 Å². The van der Waals surface area contributed by atoms with E-state index in [0.29, 0.717) is 19.8 Å². The van der Waals surface area contributed by atoms with Crippen molar-refractivity contribution in [2.45, 2.75) is 51.6 Å². The van der Waals surface area contributed by atoms with Crippen LogP contribution in [0.3, 0.4) is 0 Å². The number of piperidine rings is 1. The average Bonchev–Trinajstić information content (AvgIpc) is 3.11. The Morgan fingerprint density at radius 3 is 2.66 bits per heavy atom. The van der Waals surface area contributed by atoms with E-state index in [-0.39, 0.29) is 11.8 Å². The van der Waals surface area contributed by atoms with E-state index in [2.05, 4.69) is 57.5 Å². The summed E-state index contributed by atoms with van der Waals surface area (Å²) < 4.78 is 7.89. The van der Waals surface area contributed by atoms with Gasteiger partial charge >= 0.3 is 0 Å². The number of para-hydroxylation sites is 1. The van der Waals surface area contributed by atoms with Crippen molar-refractivity contribution in [1.29, 1.82) is 0 Å². The SMILES string of the molecule is C[C@@H]1NC(=O)C2(CCCCOCCNC1=O)CCN(Cc1cc3ccccc3n1C)CC2. The van der Waals surface area contributed by atoms with Crippen molar-refractivity contribution >= 4 is 22.7 Å². The first-order chi connectivity index (χ1) is 15.5. The van der Waals surface area contributed by atoms with Gasteiger partial charge < -0.3 is 19.9 Å². The molecule has 2 saturated heterocycles. The third-order valence-electron chi connectivity index (χ3n) is 7.21. The van der Waals surface area contributed by atoms with E-state index in [0.717, 1.165) is 51.7 Å². The summed E-state index contributed by atoms with van der Waals surface area (Å²) in [6, 6.07) is 10.2. The molecule has 3 heterocycles. The van der Waals surface area contributed by atoms with Gasteiger partial charge in [-0.1, -0.05) is 24.6 Å². The summed E-state index contributed by atoms with van der Waals surface area (Å²) in [5.41, 5.74) is 2.14. The Balaban J connectivity index is 1.43. The number of hydrogen-bond donors (Lipinski definition) is 2. The number of aromatic nitrogens is 1. The zero-order chi connectivity index (χ0) is 22.6. The number of nitrogens with one attached hydrogen (secondary N) is 2. The van der Waals surface area contributed by atoms with E-state index in [9.17, 15) is 9.59 Å². The molecule has 2 amide bonds. The van der Waals surface area contributed by atoms with Gasteiger partial charge in [-0.3, -0.25) is 14.5 Å². The molecule has 0 radical (unpaired) electrons. The lowest BCUT2D eigenvalue weighted by Gasteiger charge is -2.41. The Morgan fingerprint density at radius 1 is 1.09 bits per heavy atom. The molecule has 2 N–H and O–H groups in total. The lowest BCUT2D eigenvalue weighted by atomic mass is 9.73. The first kappa shape index (κ1) is 22.8. The number of aryl methyl sites for hydroxylation is 1. The summed E-state index contributed by atoms with van der Waals surface area (Å²) in [4.78, 5) is 28.1. The van der Waals surface area contributed by atoms with Gasteiger partial charge in [-0.15, -0.1) is 0 Å². The molecule has 32 heavy (non-hydrogen) atoms. The number of likely N-dealkylation sites (tertiary alicyclic amines) is 1.